The maximum absolute atomic E-state index is 3.93. The van der Waals surface area contributed by atoms with Crippen molar-refractivity contribution < 1.29 is 0 Å². The SMILES string of the molecule is CCCCCCc1ccc(-n2[c]ncc2)cc1. The summed E-state index contributed by atoms with van der Waals surface area (Å²) in [6, 6.07) is 8.67. The Morgan fingerprint density at radius 3 is 2.59 bits per heavy atom. The number of rotatable bonds is 6. The maximum Gasteiger partial charge on any atom is 0.181 e. The van der Waals surface area contributed by atoms with Gasteiger partial charge in [-0.05, 0) is 30.5 Å². The summed E-state index contributed by atoms with van der Waals surface area (Å²) in [6.07, 6.45) is 13.0. The molecule has 0 aliphatic rings. The van der Waals surface area contributed by atoms with Gasteiger partial charge in [-0.25, -0.2) is 4.98 Å². The summed E-state index contributed by atoms with van der Waals surface area (Å²) < 4.78 is 1.90. The van der Waals surface area contributed by atoms with Gasteiger partial charge >= 0.3 is 0 Å². The smallest absolute Gasteiger partial charge is 0.181 e. The molecular weight excluding hydrogens is 208 g/mol. The van der Waals surface area contributed by atoms with E-state index in [0.717, 1.165) is 5.69 Å². The van der Waals surface area contributed by atoms with Crippen LogP contribution in [0.3, 0.4) is 0 Å². The van der Waals surface area contributed by atoms with E-state index in [9.17, 15) is 0 Å². The number of hydrogen-bond donors (Lipinski definition) is 0. The molecule has 89 valence electrons. The highest BCUT2D eigenvalue weighted by Gasteiger charge is 1.97. The van der Waals surface area contributed by atoms with Crippen molar-refractivity contribution in [2.75, 3.05) is 0 Å². The minimum atomic E-state index is 1.12. The van der Waals surface area contributed by atoms with Crippen molar-refractivity contribution in [1.82, 2.24) is 9.55 Å². The molecule has 2 nitrogen and oxygen atoms in total. The zero-order chi connectivity index (χ0) is 11.9. The number of benzene rings is 1. The molecule has 0 aliphatic heterocycles. The van der Waals surface area contributed by atoms with Gasteiger partial charge in [-0.15, -0.1) is 0 Å². The van der Waals surface area contributed by atoms with Gasteiger partial charge in [0.15, 0.2) is 6.33 Å². The Labute approximate surface area is 103 Å². The molecule has 0 unspecified atom stereocenters. The van der Waals surface area contributed by atoms with Gasteiger partial charge in [0.2, 0.25) is 0 Å². The molecule has 0 atom stereocenters. The number of imidazole rings is 1. The van der Waals surface area contributed by atoms with Crippen LogP contribution in [0.2, 0.25) is 0 Å². The fourth-order valence-corrected chi connectivity index (χ4v) is 1.95. The fraction of sp³-hybridized carbons (Fsp3) is 0.400. The van der Waals surface area contributed by atoms with Crippen LogP contribution in [0.1, 0.15) is 38.2 Å². The summed E-state index contributed by atoms with van der Waals surface area (Å²) >= 11 is 0. The standard InChI is InChI=1S/C15H19N2/c1-2-3-4-5-6-14-7-9-15(10-8-14)17-12-11-16-13-17/h7-12H,2-6H2,1H3. The monoisotopic (exact) mass is 227 g/mol. The molecule has 0 amide bonds. The van der Waals surface area contributed by atoms with E-state index in [1.807, 2.05) is 10.8 Å². The first kappa shape index (κ1) is 11.9. The molecule has 0 aliphatic carbocycles. The lowest BCUT2D eigenvalue weighted by Gasteiger charge is -2.04. The van der Waals surface area contributed by atoms with Crippen molar-refractivity contribution >= 4 is 0 Å². The van der Waals surface area contributed by atoms with E-state index in [1.54, 1.807) is 6.20 Å². The number of nitrogens with zero attached hydrogens (tertiary/aromatic N) is 2. The first-order chi connectivity index (χ1) is 8.40. The van der Waals surface area contributed by atoms with Crippen LogP contribution in [0.5, 0.6) is 0 Å². The number of aryl methyl sites for hydroxylation is 1. The molecule has 1 heterocycles. The van der Waals surface area contributed by atoms with Gasteiger partial charge in [-0.2, -0.15) is 0 Å². The van der Waals surface area contributed by atoms with Crippen LogP contribution >= 0.6 is 0 Å². The second-order valence-corrected chi connectivity index (χ2v) is 4.37. The molecule has 0 saturated heterocycles. The topological polar surface area (TPSA) is 17.8 Å². The Morgan fingerprint density at radius 1 is 1.12 bits per heavy atom. The highest BCUT2D eigenvalue weighted by molar-refractivity contribution is 5.34. The maximum atomic E-state index is 3.93. The van der Waals surface area contributed by atoms with E-state index in [-0.39, 0.29) is 0 Å². The third-order valence-electron chi connectivity index (χ3n) is 2.99. The first-order valence-corrected chi connectivity index (χ1v) is 6.40. The summed E-state index contributed by atoms with van der Waals surface area (Å²) in [4.78, 5) is 3.93. The number of unbranched alkanes of at least 4 members (excludes halogenated alkanes) is 3. The van der Waals surface area contributed by atoms with E-state index < -0.39 is 0 Å². The van der Waals surface area contributed by atoms with Gasteiger partial charge in [-0.3, -0.25) is 4.57 Å². The molecule has 2 heteroatoms. The Balaban J connectivity index is 1.90. The van der Waals surface area contributed by atoms with Crippen molar-refractivity contribution in [3.63, 3.8) is 0 Å². The molecule has 1 aromatic carbocycles. The van der Waals surface area contributed by atoms with Crippen molar-refractivity contribution in [2.45, 2.75) is 39.0 Å². The van der Waals surface area contributed by atoms with E-state index >= 15 is 0 Å². The molecule has 0 N–H and O–H groups in total. The minimum Gasteiger partial charge on any atom is -0.297 e. The molecular formula is C15H19N2. The summed E-state index contributed by atoms with van der Waals surface area (Å²) in [5.74, 6) is 0. The highest BCUT2D eigenvalue weighted by Crippen LogP contribution is 2.12. The van der Waals surface area contributed by atoms with Crippen molar-refractivity contribution in [3.05, 3.63) is 48.5 Å². The average Bonchev–Trinajstić information content (AvgIpc) is 2.89. The lowest BCUT2D eigenvalue weighted by molar-refractivity contribution is 0.667. The molecule has 0 spiro atoms. The predicted molar refractivity (Wildman–Crippen MR) is 70.2 cm³/mol. The second kappa shape index (κ2) is 6.24. The normalized spacial score (nSPS) is 10.6. The van der Waals surface area contributed by atoms with Crippen molar-refractivity contribution in [1.29, 1.82) is 0 Å². The number of aromatic nitrogens is 2. The fourth-order valence-electron chi connectivity index (χ4n) is 1.95. The van der Waals surface area contributed by atoms with Gasteiger partial charge in [0.1, 0.15) is 0 Å². The molecule has 0 fully saturated rings. The lowest BCUT2D eigenvalue weighted by Crippen LogP contribution is -1.91. The average molecular weight is 227 g/mol. The molecule has 17 heavy (non-hydrogen) atoms. The van der Waals surface area contributed by atoms with Crippen LogP contribution in [0.4, 0.5) is 0 Å². The molecule has 2 rings (SSSR count). The van der Waals surface area contributed by atoms with E-state index in [1.165, 1.54) is 37.7 Å². The predicted octanol–water partition coefficient (Wildman–Crippen LogP) is 3.80. The summed E-state index contributed by atoms with van der Waals surface area (Å²) in [7, 11) is 0. The van der Waals surface area contributed by atoms with Crippen molar-refractivity contribution in [2.24, 2.45) is 0 Å². The Bertz CT molecular complexity index is 415. The number of hydrogen-bond acceptors (Lipinski definition) is 1. The minimum absolute atomic E-state index is 1.12. The van der Waals surface area contributed by atoms with E-state index in [2.05, 4.69) is 42.5 Å². The van der Waals surface area contributed by atoms with E-state index in [0.29, 0.717) is 0 Å². The van der Waals surface area contributed by atoms with Gasteiger partial charge in [0.25, 0.3) is 0 Å². The van der Waals surface area contributed by atoms with Crippen LogP contribution in [-0.4, -0.2) is 9.55 Å². The summed E-state index contributed by atoms with van der Waals surface area (Å²) in [5.41, 5.74) is 2.55. The zero-order valence-electron chi connectivity index (χ0n) is 10.4. The summed E-state index contributed by atoms with van der Waals surface area (Å²) in [5, 5.41) is 0. The summed E-state index contributed by atoms with van der Waals surface area (Å²) in [6.45, 7) is 2.25. The van der Waals surface area contributed by atoms with Crippen LogP contribution in [0.25, 0.3) is 5.69 Å². The molecule has 1 radical (unpaired) electrons. The molecule has 0 bridgehead atoms. The first-order valence-electron chi connectivity index (χ1n) is 6.40. The zero-order valence-corrected chi connectivity index (χ0v) is 10.4. The van der Waals surface area contributed by atoms with Gasteiger partial charge < -0.3 is 0 Å². The quantitative estimate of drug-likeness (QED) is 0.686. The van der Waals surface area contributed by atoms with Crippen molar-refractivity contribution in [3.8, 4) is 5.69 Å². The molecule has 0 saturated carbocycles. The molecule has 2 aromatic rings. The largest absolute Gasteiger partial charge is 0.297 e. The highest BCUT2D eigenvalue weighted by atomic mass is 15.0. The van der Waals surface area contributed by atoms with Crippen LogP contribution in [0.15, 0.2) is 36.7 Å². The Kier molecular flexibility index (Phi) is 4.37. The third kappa shape index (κ3) is 3.45. The second-order valence-electron chi connectivity index (χ2n) is 4.37. The van der Waals surface area contributed by atoms with Crippen LogP contribution < -0.4 is 0 Å². The van der Waals surface area contributed by atoms with Gasteiger partial charge in [0, 0.05) is 18.1 Å². The van der Waals surface area contributed by atoms with Crippen LogP contribution in [0, 0.1) is 6.33 Å². The lowest BCUT2D eigenvalue weighted by atomic mass is 10.1. The van der Waals surface area contributed by atoms with Gasteiger partial charge in [0.05, 0.1) is 0 Å². The third-order valence-corrected chi connectivity index (χ3v) is 2.99. The van der Waals surface area contributed by atoms with E-state index in [4.69, 9.17) is 0 Å². The Morgan fingerprint density at radius 2 is 1.94 bits per heavy atom. The Hall–Kier alpha value is -1.57. The van der Waals surface area contributed by atoms with Gasteiger partial charge in [-0.1, -0.05) is 38.3 Å². The van der Waals surface area contributed by atoms with Crippen LogP contribution in [-0.2, 0) is 6.42 Å². The molecule has 1 aromatic heterocycles.